The van der Waals surface area contributed by atoms with E-state index in [1.54, 1.807) is 18.2 Å². The molecule has 0 aliphatic heterocycles. The van der Waals surface area contributed by atoms with Gasteiger partial charge in [0.05, 0.1) is 16.3 Å². The molecule has 1 N–H and O–H groups in total. The van der Waals surface area contributed by atoms with Crippen molar-refractivity contribution in [3.8, 4) is 6.07 Å². The van der Waals surface area contributed by atoms with E-state index < -0.39 is 0 Å². The number of hydrogen-bond donors (Lipinski definition) is 1. The molecule has 0 fully saturated rings. The highest BCUT2D eigenvalue weighted by molar-refractivity contribution is 7.99. The number of pyridine rings is 1. The molecule has 0 unspecified atom stereocenters. The highest BCUT2D eigenvalue weighted by atomic mass is 35.5. The number of anilines is 1. The van der Waals surface area contributed by atoms with E-state index in [4.69, 9.17) is 16.9 Å². The van der Waals surface area contributed by atoms with Crippen LogP contribution in [-0.4, -0.2) is 26.3 Å². The number of nitriles is 1. The number of halogens is 1. The zero-order valence-corrected chi connectivity index (χ0v) is 13.3. The Labute approximate surface area is 141 Å². The van der Waals surface area contributed by atoms with Crippen molar-refractivity contribution in [1.82, 2.24) is 14.6 Å². The van der Waals surface area contributed by atoms with Gasteiger partial charge in [0.2, 0.25) is 5.91 Å². The summed E-state index contributed by atoms with van der Waals surface area (Å²) in [6.45, 7) is 0. The average molecular weight is 344 g/mol. The van der Waals surface area contributed by atoms with Crippen LogP contribution in [0.1, 0.15) is 5.56 Å². The second kappa shape index (κ2) is 6.69. The fraction of sp³-hybridized carbons (Fsp3) is 0.0667. The van der Waals surface area contributed by atoms with Crippen LogP contribution in [0.15, 0.2) is 47.8 Å². The maximum atomic E-state index is 12.0. The summed E-state index contributed by atoms with van der Waals surface area (Å²) in [4.78, 5) is 12.0. The van der Waals surface area contributed by atoms with Crippen LogP contribution in [0, 0.1) is 11.3 Å². The first-order chi connectivity index (χ1) is 11.2. The lowest BCUT2D eigenvalue weighted by molar-refractivity contribution is -0.113. The van der Waals surface area contributed by atoms with Crippen LogP contribution in [0.25, 0.3) is 5.65 Å². The van der Waals surface area contributed by atoms with Crippen molar-refractivity contribution in [3.05, 3.63) is 53.2 Å². The maximum absolute atomic E-state index is 12.0. The summed E-state index contributed by atoms with van der Waals surface area (Å²) in [5.41, 5.74) is 1.65. The lowest BCUT2D eigenvalue weighted by Gasteiger charge is -2.05. The SMILES string of the molecule is N#Cc1ccc(NC(=O)CSc2nnc3ccccn23)cc1Cl. The van der Waals surface area contributed by atoms with Gasteiger partial charge in [-0.1, -0.05) is 29.4 Å². The molecule has 2 heterocycles. The molecular weight excluding hydrogens is 334 g/mol. The van der Waals surface area contributed by atoms with Gasteiger partial charge in [-0.3, -0.25) is 9.20 Å². The van der Waals surface area contributed by atoms with Gasteiger partial charge in [-0.25, -0.2) is 0 Å². The molecule has 0 atom stereocenters. The topological polar surface area (TPSA) is 83.1 Å². The van der Waals surface area contributed by atoms with Crippen molar-refractivity contribution in [1.29, 1.82) is 5.26 Å². The van der Waals surface area contributed by atoms with Crippen molar-refractivity contribution in [2.24, 2.45) is 0 Å². The fourth-order valence-corrected chi connectivity index (χ4v) is 2.88. The number of carbonyl (C=O) groups is 1. The van der Waals surface area contributed by atoms with E-state index in [2.05, 4.69) is 15.5 Å². The molecule has 0 aliphatic rings. The molecule has 3 rings (SSSR count). The summed E-state index contributed by atoms with van der Waals surface area (Å²) in [7, 11) is 0. The van der Waals surface area contributed by atoms with Gasteiger partial charge in [0.15, 0.2) is 10.8 Å². The van der Waals surface area contributed by atoms with E-state index in [9.17, 15) is 4.79 Å². The van der Waals surface area contributed by atoms with E-state index in [0.29, 0.717) is 21.4 Å². The second-order valence-corrected chi connectivity index (χ2v) is 5.90. The molecule has 0 saturated carbocycles. The molecule has 0 bridgehead atoms. The number of fused-ring (bicyclic) bond motifs is 1. The van der Waals surface area contributed by atoms with E-state index in [1.807, 2.05) is 34.9 Å². The standard InChI is InChI=1S/C15H10ClN5OS/c16-12-7-11(5-4-10(12)8-17)18-14(22)9-23-15-20-19-13-3-1-2-6-21(13)15/h1-7H,9H2,(H,18,22). The minimum absolute atomic E-state index is 0.188. The predicted molar refractivity (Wildman–Crippen MR) is 88.5 cm³/mol. The number of nitrogens with zero attached hydrogens (tertiary/aromatic N) is 4. The van der Waals surface area contributed by atoms with Crippen molar-refractivity contribution >= 4 is 40.6 Å². The molecule has 1 aromatic carbocycles. The third kappa shape index (κ3) is 3.44. The van der Waals surface area contributed by atoms with Gasteiger partial charge in [0.1, 0.15) is 6.07 Å². The molecular formula is C15H10ClN5OS. The van der Waals surface area contributed by atoms with Gasteiger partial charge < -0.3 is 5.32 Å². The fourth-order valence-electron chi connectivity index (χ4n) is 1.93. The Balaban J connectivity index is 1.64. The first-order valence-corrected chi connectivity index (χ1v) is 7.96. The van der Waals surface area contributed by atoms with E-state index in [1.165, 1.54) is 11.8 Å². The number of thioether (sulfide) groups is 1. The largest absolute Gasteiger partial charge is 0.325 e. The summed E-state index contributed by atoms with van der Waals surface area (Å²) in [5.74, 6) is -0.00344. The van der Waals surface area contributed by atoms with Crippen LogP contribution >= 0.6 is 23.4 Å². The third-order valence-electron chi connectivity index (χ3n) is 2.99. The lowest BCUT2D eigenvalue weighted by atomic mass is 10.2. The van der Waals surface area contributed by atoms with Crippen LogP contribution in [0.3, 0.4) is 0 Å². The number of benzene rings is 1. The van der Waals surface area contributed by atoms with Gasteiger partial charge in [-0.15, -0.1) is 10.2 Å². The van der Waals surface area contributed by atoms with Crippen LogP contribution < -0.4 is 5.32 Å². The van der Waals surface area contributed by atoms with Gasteiger partial charge >= 0.3 is 0 Å². The molecule has 0 spiro atoms. The Morgan fingerprint density at radius 1 is 1.35 bits per heavy atom. The smallest absolute Gasteiger partial charge is 0.234 e. The molecule has 6 nitrogen and oxygen atoms in total. The second-order valence-electron chi connectivity index (χ2n) is 4.55. The quantitative estimate of drug-likeness (QED) is 0.736. The Kier molecular flexibility index (Phi) is 4.46. The molecule has 1 amide bonds. The van der Waals surface area contributed by atoms with E-state index in [0.717, 1.165) is 5.65 Å². The number of amides is 1. The molecule has 0 saturated heterocycles. The number of carbonyl (C=O) groups excluding carboxylic acids is 1. The summed E-state index contributed by atoms with van der Waals surface area (Å²) in [6.07, 6.45) is 1.84. The predicted octanol–water partition coefficient (Wildman–Crippen LogP) is 2.99. The molecule has 3 aromatic rings. The third-order valence-corrected chi connectivity index (χ3v) is 4.24. The maximum Gasteiger partial charge on any atom is 0.234 e. The minimum Gasteiger partial charge on any atom is -0.325 e. The van der Waals surface area contributed by atoms with Crippen molar-refractivity contribution in [2.45, 2.75) is 5.16 Å². The lowest BCUT2D eigenvalue weighted by Crippen LogP contribution is -2.14. The molecule has 2 aromatic heterocycles. The Bertz CT molecular complexity index is 918. The van der Waals surface area contributed by atoms with Crippen molar-refractivity contribution in [2.75, 3.05) is 11.1 Å². The summed E-state index contributed by atoms with van der Waals surface area (Å²) in [6, 6.07) is 12.3. The van der Waals surface area contributed by atoms with E-state index in [-0.39, 0.29) is 11.7 Å². The minimum atomic E-state index is -0.191. The zero-order chi connectivity index (χ0) is 16.2. The molecule has 0 radical (unpaired) electrons. The molecule has 114 valence electrons. The summed E-state index contributed by atoms with van der Waals surface area (Å²) in [5, 5.41) is 20.6. The van der Waals surface area contributed by atoms with Crippen molar-refractivity contribution in [3.63, 3.8) is 0 Å². The molecule has 0 aliphatic carbocycles. The van der Waals surface area contributed by atoms with Gasteiger partial charge in [-0.2, -0.15) is 5.26 Å². The van der Waals surface area contributed by atoms with Gasteiger partial charge in [0.25, 0.3) is 0 Å². The van der Waals surface area contributed by atoms with Crippen LogP contribution in [-0.2, 0) is 4.79 Å². The van der Waals surface area contributed by atoms with Crippen LogP contribution in [0.4, 0.5) is 5.69 Å². The molecule has 8 heteroatoms. The number of hydrogen-bond acceptors (Lipinski definition) is 5. The Hall–Kier alpha value is -2.56. The number of aromatic nitrogens is 3. The normalized spacial score (nSPS) is 10.4. The highest BCUT2D eigenvalue weighted by Gasteiger charge is 2.10. The monoisotopic (exact) mass is 343 g/mol. The van der Waals surface area contributed by atoms with Crippen LogP contribution in [0.2, 0.25) is 5.02 Å². The first kappa shape index (κ1) is 15.3. The van der Waals surface area contributed by atoms with E-state index >= 15 is 0 Å². The summed E-state index contributed by atoms with van der Waals surface area (Å²) >= 11 is 7.22. The summed E-state index contributed by atoms with van der Waals surface area (Å²) < 4.78 is 1.82. The van der Waals surface area contributed by atoms with Gasteiger partial charge in [-0.05, 0) is 30.3 Å². The number of nitrogens with one attached hydrogen (secondary N) is 1. The number of rotatable bonds is 4. The first-order valence-electron chi connectivity index (χ1n) is 6.59. The van der Waals surface area contributed by atoms with Crippen LogP contribution in [0.5, 0.6) is 0 Å². The van der Waals surface area contributed by atoms with Gasteiger partial charge in [0, 0.05) is 11.9 Å². The average Bonchev–Trinajstić information content (AvgIpc) is 2.96. The van der Waals surface area contributed by atoms with Crippen molar-refractivity contribution < 1.29 is 4.79 Å². The Morgan fingerprint density at radius 3 is 3.00 bits per heavy atom. The zero-order valence-electron chi connectivity index (χ0n) is 11.7. The Morgan fingerprint density at radius 2 is 2.22 bits per heavy atom. The molecule has 23 heavy (non-hydrogen) atoms. The highest BCUT2D eigenvalue weighted by Crippen LogP contribution is 2.21.